The molecule has 0 spiro atoms. The fourth-order valence-corrected chi connectivity index (χ4v) is 3.34. The van der Waals surface area contributed by atoms with Crippen molar-refractivity contribution >= 4 is 0 Å². The van der Waals surface area contributed by atoms with Crippen molar-refractivity contribution in [1.29, 1.82) is 0 Å². The van der Waals surface area contributed by atoms with Crippen LogP contribution < -0.4 is 0 Å². The van der Waals surface area contributed by atoms with Crippen molar-refractivity contribution in [3.8, 4) is 22.4 Å². The van der Waals surface area contributed by atoms with Crippen molar-refractivity contribution in [1.82, 2.24) is 4.98 Å². The van der Waals surface area contributed by atoms with Crippen LogP contribution in [0.5, 0.6) is 0 Å². The van der Waals surface area contributed by atoms with E-state index in [2.05, 4.69) is 25.8 Å². The number of fused-ring (bicyclic) bond motifs is 3. The molecular weight excluding hydrogens is 328 g/mol. The summed E-state index contributed by atoms with van der Waals surface area (Å²) in [6.07, 6.45) is -1.11. The van der Waals surface area contributed by atoms with Crippen LogP contribution in [0, 0.1) is 0 Å². The predicted octanol–water partition coefficient (Wildman–Crippen LogP) is 6.36. The van der Waals surface area contributed by atoms with Gasteiger partial charge < -0.3 is 0 Å². The molecular formula is C23H21F2N. The van der Waals surface area contributed by atoms with Gasteiger partial charge in [0.25, 0.3) is 5.92 Å². The van der Waals surface area contributed by atoms with E-state index < -0.39 is 12.3 Å². The minimum atomic E-state index is -3.64. The summed E-state index contributed by atoms with van der Waals surface area (Å²) in [5, 5.41) is 0. The molecule has 0 N–H and O–H groups in total. The van der Waals surface area contributed by atoms with Gasteiger partial charge in [0.15, 0.2) is 0 Å². The second-order valence-electron chi connectivity index (χ2n) is 7.66. The summed E-state index contributed by atoms with van der Waals surface area (Å²) in [6, 6.07) is 15.0. The molecule has 1 heterocycles. The number of aromatic nitrogens is 1. The Morgan fingerprint density at radius 3 is 2.31 bits per heavy atom. The molecule has 132 valence electrons. The molecule has 26 heavy (non-hydrogen) atoms. The van der Waals surface area contributed by atoms with Crippen LogP contribution in [0.25, 0.3) is 22.4 Å². The van der Waals surface area contributed by atoms with Crippen LogP contribution in [-0.4, -0.2) is 4.98 Å². The Bertz CT molecular complexity index is 1050. The smallest absolute Gasteiger partial charge is 0.256 e. The molecule has 0 bridgehead atoms. The van der Waals surface area contributed by atoms with Gasteiger partial charge in [-0.15, -0.1) is 0 Å². The van der Waals surface area contributed by atoms with E-state index in [9.17, 15) is 0 Å². The summed E-state index contributed by atoms with van der Waals surface area (Å²) in [5.41, 5.74) is 2.41. The summed E-state index contributed by atoms with van der Waals surface area (Å²) < 4.78 is 47.1. The SMILES string of the molecule is [2H]C1([2H])c2c(-c3ccc(C(C)(C)C)cn3)cccc2-c2ccccc2C1(F)F. The Labute approximate surface area is 155 Å². The molecule has 0 atom stereocenters. The molecule has 0 radical (unpaired) electrons. The third kappa shape index (κ3) is 2.72. The molecule has 1 aromatic heterocycles. The van der Waals surface area contributed by atoms with Crippen molar-refractivity contribution in [2.75, 3.05) is 0 Å². The first-order valence-corrected chi connectivity index (χ1v) is 8.63. The molecule has 0 aliphatic heterocycles. The summed E-state index contributed by atoms with van der Waals surface area (Å²) in [4.78, 5) is 4.48. The molecule has 1 aliphatic rings. The summed E-state index contributed by atoms with van der Waals surface area (Å²) >= 11 is 0. The first kappa shape index (κ1) is 14.6. The van der Waals surface area contributed by atoms with Crippen LogP contribution in [0.2, 0.25) is 0 Å². The zero-order chi connectivity index (χ0) is 20.3. The third-order valence-corrected chi connectivity index (χ3v) is 4.81. The van der Waals surface area contributed by atoms with Gasteiger partial charge in [0.1, 0.15) is 0 Å². The zero-order valence-corrected chi connectivity index (χ0v) is 15.0. The predicted molar refractivity (Wildman–Crippen MR) is 101 cm³/mol. The summed E-state index contributed by atoms with van der Waals surface area (Å²) in [6.45, 7) is 6.22. The maximum Gasteiger partial charge on any atom is 0.277 e. The molecule has 0 fully saturated rings. The van der Waals surface area contributed by atoms with Crippen LogP contribution in [0.15, 0.2) is 60.8 Å². The molecule has 0 amide bonds. The van der Waals surface area contributed by atoms with E-state index in [4.69, 9.17) is 2.74 Å². The Morgan fingerprint density at radius 1 is 0.923 bits per heavy atom. The second-order valence-corrected chi connectivity index (χ2v) is 7.66. The lowest BCUT2D eigenvalue weighted by Crippen LogP contribution is -2.23. The Kier molecular flexibility index (Phi) is 3.22. The topological polar surface area (TPSA) is 12.9 Å². The van der Waals surface area contributed by atoms with Gasteiger partial charge in [0.05, 0.1) is 5.69 Å². The van der Waals surface area contributed by atoms with E-state index in [1.165, 1.54) is 12.1 Å². The number of hydrogen-bond acceptors (Lipinski definition) is 1. The average molecular weight is 351 g/mol. The Hall–Kier alpha value is -2.55. The van der Waals surface area contributed by atoms with Gasteiger partial charge in [-0.3, -0.25) is 4.98 Å². The highest BCUT2D eigenvalue weighted by Gasteiger charge is 2.40. The number of alkyl halides is 2. The lowest BCUT2D eigenvalue weighted by Gasteiger charge is -2.29. The number of pyridine rings is 1. The molecule has 1 nitrogen and oxygen atoms in total. The normalized spacial score (nSPS) is 18.3. The lowest BCUT2D eigenvalue weighted by molar-refractivity contribution is -0.00467. The highest BCUT2D eigenvalue weighted by Crippen LogP contribution is 2.47. The van der Waals surface area contributed by atoms with Crippen LogP contribution in [0.4, 0.5) is 8.78 Å². The minimum Gasteiger partial charge on any atom is -0.256 e. The van der Waals surface area contributed by atoms with Gasteiger partial charge in [0, 0.05) is 26.4 Å². The van der Waals surface area contributed by atoms with Crippen molar-refractivity contribution < 1.29 is 11.5 Å². The number of nitrogens with zero attached hydrogens (tertiary/aromatic N) is 1. The monoisotopic (exact) mass is 351 g/mol. The first-order valence-electron chi connectivity index (χ1n) is 9.63. The summed E-state index contributed by atoms with van der Waals surface area (Å²) in [7, 11) is 0. The molecule has 3 heteroatoms. The maximum atomic E-state index is 15.2. The van der Waals surface area contributed by atoms with Gasteiger partial charge in [0.2, 0.25) is 0 Å². The fourth-order valence-electron chi connectivity index (χ4n) is 3.34. The zero-order valence-electron chi connectivity index (χ0n) is 17.0. The maximum absolute atomic E-state index is 15.2. The van der Waals surface area contributed by atoms with E-state index in [0.717, 1.165) is 5.56 Å². The van der Waals surface area contributed by atoms with Crippen LogP contribution in [0.1, 0.15) is 40.2 Å². The first-order chi connectivity index (χ1) is 13.0. The highest BCUT2D eigenvalue weighted by atomic mass is 19.3. The molecule has 4 rings (SSSR count). The van der Waals surface area contributed by atoms with Crippen molar-refractivity contribution in [2.24, 2.45) is 0 Å². The highest BCUT2D eigenvalue weighted by molar-refractivity contribution is 5.81. The summed E-state index contributed by atoms with van der Waals surface area (Å²) in [5.74, 6) is -3.64. The van der Waals surface area contributed by atoms with E-state index in [-0.39, 0.29) is 16.5 Å². The van der Waals surface area contributed by atoms with Gasteiger partial charge in [-0.25, -0.2) is 8.78 Å². The van der Waals surface area contributed by atoms with Crippen molar-refractivity contribution in [3.05, 3.63) is 77.5 Å². The van der Waals surface area contributed by atoms with Gasteiger partial charge in [-0.1, -0.05) is 69.3 Å². The largest absolute Gasteiger partial charge is 0.277 e. The van der Waals surface area contributed by atoms with Crippen LogP contribution in [0.3, 0.4) is 0 Å². The lowest BCUT2D eigenvalue weighted by atomic mass is 9.80. The van der Waals surface area contributed by atoms with E-state index >= 15 is 8.78 Å². The molecule has 1 aliphatic carbocycles. The average Bonchev–Trinajstić information content (AvgIpc) is 2.66. The van der Waals surface area contributed by atoms with Crippen LogP contribution >= 0.6 is 0 Å². The number of benzene rings is 2. The van der Waals surface area contributed by atoms with E-state index in [0.29, 0.717) is 22.4 Å². The second kappa shape index (κ2) is 5.73. The quantitative estimate of drug-likeness (QED) is 0.497. The van der Waals surface area contributed by atoms with Crippen molar-refractivity contribution in [3.63, 3.8) is 0 Å². The molecule has 2 aromatic carbocycles. The molecule has 0 saturated carbocycles. The van der Waals surface area contributed by atoms with Gasteiger partial charge in [-0.05, 0) is 33.7 Å². The Balaban J connectivity index is 1.98. The third-order valence-electron chi connectivity index (χ3n) is 4.81. The number of halogens is 2. The number of hydrogen-bond donors (Lipinski definition) is 0. The molecule has 0 unspecified atom stereocenters. The molecule has 0 saturated heterocycles. The van der Waals surface area contributed by atoms with E-state index in [1.807, 2.05) is 6.07 Å². The minimum absolute atomic E-state index is 0.00490. The van der Waals surface area contributed by atoms with Crippen LogP contribution in [-0.2, 0) is 17.7 Å². The standard InChI is InChI=1S/C23H21F2N/c1-22(2,3)15-11-12-21(26-14-15)18-9-6-8-16-17-7-4-5-10-20(17)23(24,25)13-19(16)18/h4-12,14H,13H2,1-3H3/i13D2. The van der Waals surface area contributed by atoms with Gasteiger partial charge >= 0.3 is 0 Å². The van der Waals surface area contributed by atoms with E-state index in [1.54, 1.807) is 42.6 Å². The Morgan fingerprint density at radius 2 is 1.62 bits per heavy atom. The van der Waals surface area contributed by atoms with Gasteiger partial charge in [-0.2, -0.15) is 0 Å². The fraction of sp³-hybridized carbons (Fsp3) is 0.261. The van der Waals surface area contributed by atoms with Crippen molar-refractivity contribution in [2.45, 2.75) is 38.5 Å². The number of rotatable bonds is 1. The molecule has 3 aromatic rings.